The fourth-order valence-corrected chi connectivity index (χ4v) is 2.93. The summed E-state index contributed by atoms with van der Waals surface area (Å²) in [5.41, 5.74) is 2.21. The summed E-state index contributed by atoms with van der Waals surface area (Å²) in [5, 5.41) is 5.50. The van der Waals surface area contributed by atoms with Crippen LogP contribution >= 0.6 is 27.3 Å². The first kappa shape index (κ1) is 12.4. The Hall–Kier alpha value is -1.07. The summed E-state index contributed by atoms with van der Waals surface area (Å²) in [4.78, 5) is 7.52. The number of hydrogen-bond acceptors (Lipinski definition) is 4. The lowest BCUT2D eigenvalue weighted by atomic mass is 10.3. The van der Waals surface area contributed by atoms with Gasteiger partial charge in [-0.05, 0) is 28.1 Å². The van der Waals surface area contributed by atoms with Crippen LogP contribution in [-0.2, 0) is 6.54 Å². The molecule has 0 aliphatic rings. The third-order valence-electron chi connectivity index (χ3n) is 2.35. The summed E-state index contributed by atoms with van der Waals surface area (Å²) in [5.74, 6) is 0. The Balaban J connectivity index is 2.08. The third kappa shape index (κ3) is 3.20. The molecule has 5 heteroatoms. The molecule has 0 aliphatic heterocycles. The fraction of sp³-hybridized carbons (Fsp3) is 0.250. The van der Waals surface area contributed by atoms with E-state index < -0.39 is 0 Å². The first-order valence-corrected chi connectivity index (χ1v) is 6.92. The number of rotatable bonds is 4. The molecule has 0 unspecified atom stereocenters. The van der Waals surface area contributed by atoms with Gasteiger partial charge in [-0.1, -0.05) is 0 Å². The van der Waals surface area contributed by atoms with Crippen molar-refractivity contribution in [1.82, 2.24) is 4.98 Å². The number of nitrogens with zero attached hydrogens (tertiary/aromatic N) is 2. The van der Waals surface area contributed by atoms with Gasteiger partial charge in [-0.25, -0.2) is 0 Å². The van der Waals surface area contributed by atoms with Crippen LogP contribution in [0, 0.1) is 0 Å². The van der Waals surface area contributed by atoms with Gasteiger partial charge < -0.3 is 10.2 Å². The van der Waals surface area contributed by atoms with Gasteiger partial charge in [-0.3, -0.25) is 4.98 Å². The molecule has 90 valence electrons. The highest BCUT2D eigenvalue weighted by Crippen LogP contribution is 2.25. The molecule has 0 amide bonds. The minimum Gasteiger partial charge on any atom is -0.377 e. The minimum atomic E-state index is 0.822. The number of pyridine rings is 1. The quantitative estimate of drug-likeness (QED) is 0.935. The molecule has 0 radical (unpaired) electrons. The summed E-state index contributed by atoms with van der Waals surface area (Å²) in [6, 6.07) is 4.13. The second-order valence-corrected chi connectivity index (χ2v) is 5.78. The van der Waals surface area contributed by atoms with Gasteiger partial charge in [0.2, 0.25) is 0 Å². The van der Waals surface area contributed by atoms with Gasteiger partial charge in [0.15, 0.2) is 0 Å². The molecule has 0 bridgehead atoms. The largest absolute Gasteiger partial charge is 0.377 e. The minimum absolute atomic E-state index is 0.822. The van der Waals surface area contributed by atoms with Crippen LogP contribution in [0.25, 0.3) is 0 Å². The van der Waals surface area contributed by atoms with Gasteiger partial charge in [0.1, 0.15) is 0 Å². The monoisotopic (exact) mass is 311 g/mol. The zero-order valence-electron chi connectivity index (χ0n) is 9.77. The normalized spacial score (nSPS) is 10.3. The fourth-order valence-electron chi connectivity index (χ4n) is 1.54. The summed E-state index contributed by atoms with van der Waals surface area (Å²) in [6.07, 6.45) is 3.67. The highest BCUT2D eigenvalue weighted by atomic mass is 79.9. The number of aromatic nitrogens is 1. The van der Waals surface area contributed by atoms with E-state index in [1.54, 1.807) is 11.3 Å². The van der Waals surface area contributed by atoms with Gasteiger partial charge in [-0.15, -0.1) is 11.3 Å². The number of hydrogen-bond donors (Lipinski definition) is 1. The summed E-state index contributed by atoms with van der Waals surface area (Å²) in [7, 11) is 4.06. The topological polar surface area (TPSA) is 28.2 Å². The highest BCUT2D eigenvalue weighted by Gasteiger charge is 2.04. The first-order valence-electron chi connectivity index (χ1n) is 5.25. The van der Waals surface area contributed by atoms with Crippen LogP contribution in [0.3, 0.4) is 0 Å². The van der Waals surface area contributed by atoms with Crippen LogP contribution in [0.4, 0.5) is 11.4 Å². The Morgan fingerprint density at radius 3 is 2.94 bits per heavy atom. The van der Waals surface area contributed by atoms with Crippen molar-refractivity contribution in [3.8, 4) is 0 Å². The van der Waals surface area contributed by atoms with Crippen LogP contribution in [-0.4, -0.2) is 19.1 Å². The summed E-state index contributed by atoms with van der Waals surface area (Å²) in [6.45, 7) is 0.822. The van der Waals surface area contributed by atoms with E-state index in [2.05, 4.69) is 42.6 Å². The van der Waals surface area contributed by atoms with Gasteiger partial charge in [0.25, 0.3) is 0 Å². The molecule has 0 aliphatic carbocycles. The van der Waals surface area contributed by atoms with E-state index in [0.29, 0.717) is 0 Å². The van der Waals surface area contributed by atoms with Crippen LogP contribution in [0.1, 0.15) is 4.88 Å². The molecule has 3 nitrogen and oxygen atoms in total. The number of nitrogens with one attached hydrogen (secondary N) is 1. The maximum absolute atomic E-state index is 4.15. The van der Waals surface area contributed by atoms with E-state index >= 15 is 0 Å². The van der Waals surface area contributed by atoms with Crippen LogP contribution in [0.15, 0.2) is 34.4 Å². The smallest absolute Gasteiger partial charge is 0.0767 e. The lowest BCUT2D eigenvalue weighted by Crippen LogP contribution is -2.12. The van der Waals surface area contributed by atoms with Crippen LogP contribution in [0.2, 0.25) is 0 Å². The average Bonchev–Trinajstić information content (AvgIpc) is 2.73. The molecule has 2 heterocycles. The average molecular weight is 312 g/mol. The van der Waals surface area contributed by atoms with Gasteiger partial charge >= 0.3 is 0 Å². The Morgan fingerprint density at radius 1 is 1.47 bits per heavy atom. The summed E-state index contributed by atoms with van der Waals surface area (Å²) < 4.78 is 1.14. The predicted molar refractivity (Wildman–Crippen MR) is 77.9 cm³/mol. The van der Waals surface area contributed by atoms with Gasteiger partial charge in [0, 0.05) is 41.6 Å². The molecular formula is C12H14BrN3S. The molecule has 0 aromatic carbocycles. The van der Waals surface area contributed by atoms with Crippen molar-refractivity contribution in [2.45, 2.75) is 6.54 Å². The Kier molecular flexibility index (Phi) is 4.02. The van der Waals surface area contributed by atoms with Crippen LogP contribution < -0.4 is 10.2 Å². The van der Waals surface area contributed by atoms with Crippen molar-refractivity contribution in [3.05, 3.63) is 39.3 Å². The van der Waals surface area contributed by atoms with Crippen molar-refractivity contribution in [3.63, 3.8) is 0 Å². The van der Waals surface area contributed by atoms with E-state index in [-0.39, 0.29) is 0 Å². The molecule has 0 fully saturated rings. The van der Waals surface area contributed by atoms with Gasteiger partial charge in [-0.2, -0.15) is 0 Å². The Morgan fingerprint density at radius 2 is 2.29 bits per heavy atom. The van der Waals surface area contributed by atoms with Crippen molar-refractivity contribution >= 4 is 38.6 Å². The van der Waals surface area contributed by atoms with Crippen molar-refractivity contribution in [1.29, 1.82) is 0 Å². The van der Waals surface area contributed by atoms with E-state index in [1.165, 1.54) is 4.88 Å². The molecule has 2 aromatic heterocycles. The Labute approximate surface area is 114 Å². The lowest BCUT2D eigenvalue weighted by Gasteiger charge is -2.17. The second-order valence-electron chi connectivity index (χ2n) is 3.87. The highest BCUT2D eigenvalue weighted by molar-refractivity contribution is 9.10. The van der Waals surface area contributed by atoms with Crippen LogP contribution in [0.5, 0.6) is 0 Å². The van der Waals surface area contributed by atoms with E-state index in [4.69, 9.17) is 0 Å². The lowest BCUT2D eigenvalue weighted by molar-refractivity contribution is 1.10. The third-order valence-corrected chi connectivity index (χ3v) is 4.05. The number of thiophene rings is 1. The van der Waals surface area contributed by atoms with E-state index in [9.17, 15) is 0 Å². The molecule has 2 aromatic rings. The zero-order valence-corrected chi connectivity index (χ0v) is 12.2. The second kappa shape index (κ2) is 5.51. The zero-order chi connectivity index (χ0) is 12.3. The molecule has 1 N–H and O–H groups in total. The van der Waals surface area contributed by atoms with E-state index in [0.717, 1.165) is 22.4 Å². The molecule has 0 saturated carbocycles. The summed E-state index contributed by atoms with van der Waals surface area (Å²) >= 11 is 5.20. The Bertz CT molecular complexity index is 496. The maximum Gasteiger partial charge on any atom is 0.0767 e. The van der Waals surface area contributed by atoms with Gasteiger partial charge in [0.05, 0.1) is 17.6 Å². The standard InChI is InChI=1S/C12H14BrN3S/c1-16(2)12-3-4-14-7-11(12)15-6-10-5-9(13)8-17-10/h3-5,7-8,15H,6H2,1-2H3. The number of halogens is 1. The molecule has 0 saturated heterocycles. The molecule has 0 atom stereocenters. The van der Waals surface area contributed by atoms with Crippen molar-refractivity contribution in [2.24, 2.45) is 0 Å². The molecular weight excluding hydrogens is 298 g/mol. The van der Waals surface area contributed by atoms with Crippen molar-refractivity contribution < 1.29 is 0 Å². The molecule has 2 rings (SSSR count). The number of anilines is 2. The SMILES string of the molecule is CN(C)c1ccncc1NCc1cc(Br)cs1. The van der Waals surface area contributed by atoms with E-state index in [1.807, 2.05) is 32.6 Å². The van der Waals surface area contributed by atoms with Crippen molar-refractivity contribution in [2.75, 3.05) is 24.3 Å². The predicted octanol–water partition coefficient (Wildman–Crippen LogP) is 3.58. The molecule has 17 heavy (non-hydrogen) atoms. The maximum atomic E-state index is 4.15. The molecule has 0 spiro atoms. The first-order chi connectivity index (χ1) is 8.16.